The van der Waals surface area contributed by atoms with Crippen LogP contribution in [0.1, 0.15) is 17.7 Å². The van der Waals surface area contributed by atoms with E-state index in [1.165, 1.54) is 12.1 Å². The summed E-state index contributed by atoms with van der Waals surface area (Å²) >= 11 is 0. The second kappa shape index (κ2) is 6.58. The summed E-state index contributed by atoms with van der Waals surface area (Å²) in [6.45, 7) is 0. The summed E-state index contributed by atoms with van der Waals surface area (Å²) < 4.78 is 28.1. The minimum absolute atomic E-state index is 0.0499. The van der Waals surface area contributed by atoms with Crippen molar-refractivity contribution in [1.82, 2.24) is 15.2 Å². The van der Waals surface area contributed by atoms with Gasteiger partial charge in [0.25, 0.3) is 0 Å². The summed E-state index contributed by atoms with van der Waals surface area (Å²) in [6.07, 6.45) is 3.77. The van der Waals surface area contributed by atoms with Crippen molar-refractivity contribution in [2.75, 3.05) is 0 Å². The Balaban J connectivity index is 1.96. The Morgan fingerprint density at radius 1 is 1.30 bits per heavy atom. The first kappa shape index (κ1) is 14.6. The highest BCUT2D eigenvalue weighted by atomic mass is 19.1. The number of hydrogen-bond acceptors (Lipinski definition) is 3. The molecule has 0 saturated heterocycles. The zero-order valence-electron chi connectivity index (χ0n) is 11.3. The molecule has 1 heterocycles. The van der Waals surface area contributed by atoms with E-state index in [4.69, 9.17) is 5.84 Å². The molecule has 20 heavy (non-hydrogen) atoms. The van der Waals surface area contributed by atoms with E-state index in [9.17, 15) is 8.78 Å². The first-order chi connectivity index (χ1) is 9.58. The summed E-state index contributed by atoms with van der Waals surface area (Å²) in [5, 5.41) is 4.09. The monoisotopic (exact) mass is 280 g/mol. The van der Waals surface area contributed by atoms with E-state index in [0.29, 0.717) is 12.0 Å². The first-order valence-corrected chi connectivity index (χ1v) is 6.46. The number of aromatic nitrogens is 2. The molecule has 6 heteroatoms. The number of nitrogens with zero attached hydrogens (tertiary/aromatic N) is 2. The van der Waals surface area contributed by atoms with E-state index in [0.717, 1.165) is 24.6 Å². The highest BCUT2D eigenvalue weighted by molar-refractivity contribution is 5.19. The maximum Gasteiger partial charge on any atom is 0.126 e. The number of nitrogens with two attached hydrogens (primary N) is 1. The van der Waals surface area contributed by atoms with Crippen molar-refractivity contribution in [1.29, 1.82) is 0 Å². The minimum atomic E-state index is -0.567. The van der Waals surface area contributed by atoms with Gasteiger partial charge in [0, 0.05) is 31.0 Å². The molecule has 108 valence electrons. The van der Waals surface area contributed by atoms with Crippen LogP contribution in [-0.2, 0) is 19.9 Å². The van der Waals surface area contributed by atoms with Gasteiger partial charge in [0.1, 0.15) is 11.6 Å². The Labute approximate surface area is 116 Å². The van der Waals surface area contributed by atoms with Gasteiger partial charge in [-0.2, -0.15) is 5.10 Å². The summed E-state index contributed by atoms with van der Waals surface area (Å²) in [6, 6.07) is 5.42. The summed E-state index contributed by atoms with van der Waals surface area (Å²) in [5.41, 5.74) is 4.38. The maximum absolute atomic E-state index is 13.1. The molecule has 1 atom stereocenters. The number of rotatable bonds is 6. The molecular formula is C14H18F2N4. The quantitative estimate of drug-likeness (QED) is 0.625. The Hall–Kier alpha value is -1.79. The number of aryl methyl sites for hydroxylation is 2. The van der Waals surface area contributed by atoms with E-state index in [1.807, 2.05) is 13.1 Å². The molecule has 0 aliphatic carbocycles. The van der Waals surface area contributed by atoms with Crippen molar-refractivity contribution >= 4 is 0 Å². The van der Waals surface area contributed by atoms with Gasteiger partial charge in [0.2, 0.25) is 0 Å². The van der Waals surface area contributed by atoms with Crippen LogP contribution in [0, 0.1) is 11.6 Å². The van der Waals surface area contributed by atoms with E-state index in [-0.39, 0.29) is 6.04 Å². The Morgan fingerprint density at radius 2 is 2.00 bits per heavy atom. The van der Waals surface area contributed by atoms with Gasteiger partial charge in [-0.1, -0.05) is 0 Å². The molecule has 2 aromatic rings. The van der Waals surface area contributed by atoms with Gasteiger partial charge in [-0.3, -0.25) is 16.0 Å². The Kier molecular flexibility index (Phi) is 4.81. The van der Waals surface area contributed by atoms with Crippen molar-refractivity contribution in [3.05, 3.63) is 53.4 Å². The fraction of sp³-hybridized carbons (Fsp3) is 0.357. The van der Waals surface area contributed by atoms with Crippen LogP contribution in [0.15, 0.2) is 30.5 Å². The molecule has 1 unspecified atom stereocenters. The molecule has 4 nitrogen and oxygen atoms in total. The minimum Gasteiger partial charge on any atom is -0.273 e. The molecule has 0 fully saturated rings. The average Bonchev–Trinajstić information content (AvgIpc) is 2.79. The Bertz CT molecular complexity index is 548. The van der Waals surface area contributed by atoms with Crippen LogP contribution in [0.2, 0.25) is 0 Å². The SMILES string of the molecule is Cn1nccc1CCC(Cc1cc(F)cc(F)c1)NN. The van der Waals surface area contributed by atoms with Crippen LogP contribution in [0.3, 0.4) is 0 Å². The van der Waals surface area contributed by atoms with Gasteiger partial charge in [0.05, 0.1) is 0 Å². The molecule has 0 aliphatic rings. The van der Waals surface area contributed by atoms with Crippen molar-refractivity contribution in [2.24, 2.45) is 12.9 Å². The number of halogens is 2. The van der Waals surface area contributed by atoms with Crippen molar-refractivity contribution in [2.45, 2.75) is 25.3 Å². The van der Waals surface area contributed by atoms with Gasteiger partial charge in [-0.05, 0) is 43.0 Å². The molecule has 0 radical (unpaired) electrons. The molecule has 0 spiro atoms. The average molecular weight is 280 g/mol. The molecule has 0 saturated carbocycles. The third-order valence-corrected chi connectivity index (χ3v) is 3.31. The van der Waals surface area contributed by atoms with Crippen molar-refractivity contribution in [3.8, 4) is 0 Å². The number of benzene rings is 1. The van der Waals surface area contributed by atoms with Gasteiger partial charge in [-0.15, -0.1) is 0 Å². The standard InChI is InChI=1S/C14H18F2N4/c1-20-14(4-5-18-20)3-2-13(19-17)8-10-6-11(15)9-12(16)7-10/h4-7,9,13,19H,2-3,8,17H2,1H3. The third-order valence-electron chi connectivity index (χ3n) is 3.31. The first-order valence-electron chi connectivity index (χ1n) is 6.46. The van der Waals surface area contributed by atoms with Crippen LogP contribution in [0.25, 0.3) is 0 Å². The largest absolute Gasteiger partial charge is 0.273 e. The van der Waals surface area contributed by atoms with E-state index < -0.39 is 11.6 Å². The van der Waals surface area contributed by atoms with Gasteiger partial charge in [0.15, 0.2) is 0 Å². The smallest absolute Gasteiger partial charge is 0.126 e. The molecule has 1 aromatic carbocycles. The van der Waals surface area contributed by atoms with Gasteiger partial charge >= 0.3 is 0 Å². The van der Waals surface area contributed by atoms with Crippen LogP contribution >= 0.6 is 0 Å². The maximum atomic E-state index is 13.1. The predicted octanol–water partition coefficient (Wildman–Crippen LogP) is 1.71. The van der Waals surface area contributed by atoms with Gasteiger partial charge < -0.3 is 0 Å². The van der Waals surface area contributed by atoms with Crippen molar-refractivity contribution < 1.29 is 8.78 Å². The second-order valence-electron chi connectivity index (χ2n) is 4.83. The van der Waals surface area contributed by atoms with Crippen LogP contribution in [-0.4, -0.2) is 15.8 Å². The molecule has 0 aliphatic heterocycles. The lowest BCUT2D eigenvalue weighted by molar-refractivity contribution is 0.481. The molecule has 0 amide bonds. The topological polar surface area (TPSA) is 55.9 Å². The van der Waals surface area contributed by atoms with Crippen LogP contribution in [0.4, 0.5) is 8.78 Å². The lowest BCUT2D eigenvalue weighted by Crippen LogP contribution is -2.37. The van der Waals surface area contributed by atoms with E-state index in [1.54, 1.807) is 10.9 Å². The van der Waals surface area contributed by atoms with Crippen molar-refractivity contribution in [3.63, 3.8) is 0 Å². The Morgan fingerprint density at radius 3 is 2.55 bits per heavy atom. The zero-order chi connectivity index (χ0) is 14.5. The molecular weight excluding hydrogens is 262 g/mol. The lowest BCUT2D eigenvalue weighted by Gasteiger charge is -2.16. The van der Waals surface area contributed by atoms with E-state index >= 15 is 0 Å². The summed E-state index contributed by atoms with van der Waals surface area (Å²) in [4.78, 5) is 0. The second-order valence-corrected chi connectivity index (χ2v) is 4.83. The molecule has 1 aromatic heterocycles. The van der Waals surface area contributed by atoms with Crippen LogP contribution < -0.4 is 11.3 Å². The third kappa shape index (κ3) is 3.85. The van der Waals surface area contributed by atoms with Gasteiger partial charge in [-0.25, -0.2) is 8.78 Å². The number of nitrogens with one attached hydrogen (secondary N) is 1. The summed E-state index contributed by atoms with van der Waals surface area (Å²) in [7, 11) is 1.88. The normalized spacial score (nSPS) is 12.6. The fourth-order valence-corrected chi connectivity index (χ4v) is 2.23. The predicted molar refractivity (Wildman–Crippen MR) is 72.7 cm³/mol. The highest BCUT2D eigenvalue weighted by Gasteiger charge is 2.11. The fourth-order valence-electron chi connectivity index (χ4n) is 2.23. The molecule has 0 bridgehead atoms. The zero-order valence-corrected chi connectivity index (χ0v) is 11.3. The number of hydrogen-bond donors (Lipinski definition) is 2. The van der Waals surface area contributed by atoms with Crippen LogP contribution in [0.5, 0.6) is 0 Å². The lowest BCUT2D eigenvalue weighted by atomic mass is 10.0. The molecule has 3 N–H and O–H groups in total. The highest BCUT2D eigenvalue weighted by Crippen LogP contribution is 2.12. The van der Waals surface area contributed by atoms with E-state index in [2.05, 4.69) is 10.5 Å². The molecule has 2 rings (SSSR count). The number of hydrazine groups is 1. The summed E-state index contributed by atoms with van der Waals surface area (Å²) in [5.74, 6) is 4.38.